The molecule has 1 aromatic rings. The average Bonchev–Trinajstić information content (AvgIpc) is 2.27. The summed E-state index contributed by atoms with van der Waals surface area (Å²) in [6, 6.07) is 2.52. The number of carbonyl (C=O) groups excluding carboxylic acids is 1. The Bertz CT molecular complexity index is 396. The number of Topliss-reactive ketones (excluding diaryl/α,β-unsaturated/α-hetero) is 1. The van der Waals surface area contributed by atoms with Gasteiger partial charge in [0.2, 0.25) is 0 Å². The van der Waals surface area contributed by atoms with Gasteiger partial charge in [-0.2, -0.15) is 13.2 Å². The number of hydrogen-bond donors (Lipinski definition) is 0. The molecule has 0 saturated carbocycles. The Hall–Kier alpha value is -0.900. The minimum Gasteiger partial charge on any atom is -0.603 e. The van der Waals surface area contributed by atoms with Gasteiger partial charge < -0.3 is 25.7 Å². The number of aromatic nitrogens is 1. The molecule has 17 heavy (non-hydrogen) atoms. The van der Waals surface area contributed by atoms with E-state index in [0.29, 0.717) is 0 Å². The standard InChI is InChI=1S/C8H7F3NO.CH3INO/c1-12-4-2-3-6(5-12)7(13)8(9,10)11;1-4-3-2/h2-5H,1H3;1H3/q+1;-1. The van der Waals surface area contributed by atoms with E-state index in [0.717, 1.165) is 12.3 Å². The van der Waals surface area contributed by atoms with Gasteiger partial charge in [0.05, 0.1) is 12.7 Å². The fourth-order valence-corrected chi connectivity index (χ4v) is 0.886. The fraction of sp³-hybridized carbons (Fsp3) is 0.333. The lowest BCUT2D eigenvalue weighted by molar-refractivity contribution is -0.671. The molecule has 0 bridgehead atoms. The summed E-state index contributed by atoms with van der Waals surface area (Å²) < 4.78 is 40.3. The first kappa shape index (κ1) is 16.1. The number of nitrogens with zero attached hydrogens (tertiary/aromatic N) is 2. The van der Waals surface area contributed by atoms with Crippen molar-refractivity contribution in [3.05, 3.63) is 30.1 Å². The molecule has 0 aliphatic heterocycles. The van der Waals surface area contributed by atoms with Gasteiger partial charge in [0.1, 0.15) is 7.05 Å². The predicted molar refractivity (Wildman–Crippen MR) is 47.4 cm³/mol. The molecule has 0 saturated heterocycles. The van der Waals surface area contributed by atoms with Gasteiger partial charge in [-0.25, -0.2) is 4.57 Å². The van der Waals surface area contributed by atoms with E-state index in [1.54, 1.807) is 35.7 Å². The Morgan fingerprint density at radius 3 is 2.41 bits per heavy atom. The normalized spacial score (nSPS) is 10.2. The molecule has 0 aromatic carbocycles. The number of carbonyl (C=O) groups is 1. The molecule has 0 fully saturated rings. The number of pyridine rings is 1. The number of aryl methyl sites for hydroxylation is 1. The molecule has 96 valence electrons. The summed E-state index contributed by atoms with van der Waals surface area (Å²) in [5.74, 6) is -1.82. The van der Waals surface area contributed by atoms with E-state index in [9.17, 15) is 18.0 Å². The van der Waals surface area contributed by atoms with E-state index in [-0.39, 0.29) is 5.56 Å². The van der Waals surface area contributed by atoms with Gasteiger partial charge in [0, 0.05) is 6.07 Å². The molecule has 4 nitrogen and oxygen atoms in total. The summed E-state index contributed by atoms with van der Waals surface area (Å²) >= 11 is 1.75. The Balaban J connectivity index is 0.000000557. The predicted octanol–water partition coefficient (Wildman–Crippen LogP) is -1.46. The van der Waals surface area contributed by atoms with E-state index in [4.69, 9.17) is 0 Å². The van der Waals surface area contributed by atoms with Crippen LogP contribution in [0.25, 0.3) is 0 Å². The van der Waals surface area contributed by atoms with Crippen LogP contribution >= 0.6 is 0 Å². The number of hydrogen-bond acceptors (Lipinski definition) is 3. The van der Waals surface area contributed by atoms with Crippen LogP contribution in [0.5, 0.6) is 0 Å². The van der Waals surface area contributed by atoms with Crippen molar-refractivity contribution in [1.29, 1.82) is 0 Å². The van der Waals surface area contributed by atoms with Crippen LogP contribution in [0.3, 0.4) is 0 Å². The van der Waals surface area contributed by atoms with Gasteiger partial charge in [0.25, 0.3) is 5.78 Å². The van der Waals surface area contributed by atoms with Crippen molar-refractivity contribution >= 4 is 5.78 Å². The summed E-state index contributed by atoms with van der Waals surface area (Å²) in [5, 5.41) is 0. The summed E-state index contributed by atoms with van der Waals surface area (Å²) in [4.78, 5) is 14.8. The Morgan fingerprint density at radius 1 is 1.53 bits per heavy atom. The minimum atomic E-state index is -4.80. The van der Waals surface area contributed by atoms with Gasteiger partial charge in [-0.15, -0.1) is 0 Å². The first-order chi connectivity index (χ1) is 7.82. The van der Waals surface area contributed by atoms with Crippen LogP contribution in [0.2, 0.25) is 0 Å². The third-order valence-electron chi connectivity index (χ3n) is 1.53. The quantitative estimate of drug-likeness (QED) is 0.280. The van der Waals surface area contributed by atoms with Crippen LogP contribution in [0.4, 0.5) is 13.2 Å². The van der Waals surface area contributed by atoms with Gasteiger partial charge in [-0.05, 0) is 6.07 Å². The van der Waals surface area contributed by atoms with Crippen molar-refractivity contribution in [2.45, 2.75) is 6.18 Å². The molecule has 0 N–H and O–H groups in total. The Labute approximate surface area is 109 Å². The first-order valence-corrected chi connectivity index (χ1v) is 5.20. The second-order valence-electron chi connectivity index (χ2n) is 2.84. The Morgan fingerprint density at radius 2 is 2.06 bits per heavy atom. The summed E-state index contributed by atoms with van der Waals surface area (Å²) in [6.45, 7) is 0. The molecule has 0 amide bonds. The maximum absolute atomic E-state index is 11.9. The number of halogens is 4. The first-order valence-electron chi connectivity index (χ1n) is 4.24. The molecule has 0 aliphatic carbocycles. The van der Waals surface area contributed by atoms with Crippen molar-refractivity contribution in [3.8, 4) is 0 Å². The van der Waals surface area contributed by atoms with Crippen LogP contribution in [-0.2, 0) is 11.9 Å². The van der Waals surface area contributed by atoms with Gasteiger partial charge in [-0.1, -0.05) is 0 Å². The highest BCUT2D eigenvalue weighted by atomic mass is 127. The second-order valence-corrected chi connectivity index (χ2v) is 3.23. The van der Waals surface area contributed by atoms with Crippen molar-refractivity contribution in [1.82, 2.24) is 0 Å². The summed E-state index contributed by atoms with van der Waals surface area (Å²) in [6.07, 6.45) is -2.11. The molecule has 1 aromatic heterocycles. The van der Waals surface area contributed by atoms with Crippen molar-refractivity contribution in [2.75, 3.05) is 7.11 Å². The third kappa shape index (κ3) is 6.41. The average molecular weight is 362 g/mol. The molecular weight excluding hydrogens is 352 g/mol. The van der Waals surface area contributed by atoms with Gasteiger partial charge in [-0.3, -0.25) is 9.63 Å². The molecule has 8 heteroatoms. The second kappa shape index (κ2) is 7.43. The third-order valence-corrected chi connectivity index (χ3v) is 1.92. The Kier molecular flexibility index (Phi) is 7.04. The summed E-state index contributed by atoms with van der Waals surface area (Å²) in [7, 11) is 3.06. The zero-order valence-electron chi connectivity index (χ0n) is 9.03. The minimum absolute atomic E-state index is 0.350. The smallest absolute Gasteiger partial charge is 0.455 e. The largest absolute Gasteiger partial charge is 0.603 e. The van der Waals surface area contributed by atoms with E-state index in [1.165, 1.54) is 17.7 Å². The number of ketones is 1. The maximum Gasteiger partial charge on any atom is 0.455 e. The molecule has 0 aliphatic rings. The lowest BCUT2D eigenvalue weighted by atomic mass is 10.2. The van der Waals surface area contributed by atoms with Crippen molar-refractivity contribution < 1.29 is 49.8 Å². The van der Waals surface area contributed by atoms with E-state index in [2.05, 4.69) is 8.15 Å². The van der Waals surface area contributed by atoms with Crippen LogP contribution in [-0.4, -0.2) is 19.1 Å². The number of alkyl halides is 3. The van der Waals surface area contributed by atoms with Gasteiger partial charge in [0.15, 0.2) is 12.4 Å². The molecule has 0 unspecified atom stereocenters. The topological polar surface area (TPSA) is 42.5 Å². The molecule has 0 atom stereocenters. The highest BCUT2D eigenvalue weighted by Crippen LogP contribution is 2.20. The lowest BCUT2D eigenvalue weighted by Gasteiger charge is -2.02. The zero-order valence-corrected chi connectivity index (χ0v) is 11.2. The van der Waals surface area contributed by atoms with E-state index in [1.807, 2.05) is 0 Å². The molecular formula is C9H10F3IN2O2. The lowest BCUT2D eigenvalue weighted by Crippen LogP contribution is -3.16. The van der Waals surface area contributed by atoms with E-state index < -0.39 is 12.0 Å². The summed E-state index contributed by atoms with van der Waals surface area (Å²) in [5.41, 5.74) is -0.350. The monoisotopic (exact) mass is 362 g/mol. The zero-order chi connectivity index (χ0) is 13.5. The van der Waals surface area contributed by atoms with Crippen LogP contribution in [0.1, 0.15) is 10.4 Å². The molecule has 0 radical (unpaired) electrons. The molecule has 1 heterocycles. The van der Waals surface area contributed by atoms with Crippen molar-refractivity contribution in [2.24, 2.45) is 10.4 Å². The van der Waals surface area contributed by atoms with Gasteiger partial charge >= 0.3 is 6.18 Å². The van der Waals surface area contributed by atoms with Crippen LogP contribution in [0.15, 0.2) is 27.8 Å². The number of rotatable bonds is 2. The fourth-order valence-electron chi connectivity index (χ4n) is 0.886. The maximum atomic E-state index is 11.9. The molecule has 1 rings (SSSR count). The van der Waals surface area contributed by atoms with Crippen LogP contribution in [0, 0.1) is 0 Å². The molecule has 0 spiro atoms. The van der Waals surface area contributed by atoms with Crippen molar-refractivity contribution in [3.63, 3.8) is 0 Å². The SMILES string of the molecule is CON=[I-].C[n+]1cccc(C(=O)C(F)(F)F)c1. The highest BCUT2D eigenvalue weighted by molar-refractivity contribution is 5.99. The highest BCUT2D eigenvalue weighted by Gasteiger charge is 2.40. The van der Waals surface area contributed by atoms with E-state index >= 15 is 0 Å². The van der Waals surface area contributed by atoms with Crippen LogP contribution < -0.4 is 27.0 Å².